The number of aromatic nitrogens is 1. The fourth-order valence-corrected chi connectivity index (χ4v) is 2.18. The van der Waals surface area contributed by atoms with Crippen molar-refractivity contribution in [1.29, 1.82) is 0 Å². The van der Waals surface area contributed by atoms with E-state index in [2.05, 4.69) is 15.9 Å². The fourth-order valence-electron chi connectivity index (χ4n) is 1.81. The third kappa shape index (κ3) is 0.876. The molecule has 0 saturated carbocycles. The number of benzene rings is 1. The minimum Gasteiger partial charge on any atom is -0.313 e. The zero-order valence-electron chi connectivity index (χ0n) is 7.20. The molecule has 0 aliphatic carbocycles. The van der Waals surface area contributed by atoms with Crippen molar-refractivity contribution in [3.8, 4) is 5.69 Å². The first-order chi connectivity index (χ1) is 6.77. The van der Waals surface area contributed by atoms with Crippen molar-refractivity contribution >= 4 is 21.7 Å². The van der Waals surface area contributed by atoms with E-state index in [1.165, 1.54) is 0 Å². The minimum atomic E-state index is 0.103. The molecule has 1 aromatic heterocycles. The maximum atomic E-state index is 11.9. The van der Waals surface area contributed by atoms with E-state index in [4.69, 9.17) is 0 Å². The number of carbonyl (C=O) groups is 1. The highest BCUT2D eigenvalue weighted by Crippen LogP contribution is 2.29. The van der Waals surface area contributed by atoms with Crippen molar-refractivity contribution in [2.24, 2.45) is 0 Å². The zero-order chi connectivity index (χ0) is 9.71. The normalized spacial score (nSPS) is 12.8. The fraction of sp³-hybridized carbons (Fsp3) is 0. The van der Waals surface area contributed by atoms with Crippen molar-refractivity contribution in [2.45, 2.75) is 0 Å². The molecule has 0 saturated heterocycles. The van der Waals surface area contributed by atoms with E-state index in [0.29, 0.717) is 0 Å². The van der Waals surface area contributed by atoms with Crippen molar-refractivity contribution in [1.82, 2.24) is 4.57 Å². The molecule has 0 fully saturated rings. The van der Waals surface area contributed by atoms with Gasteiger partial charge in [-0.1, -0.05) is 15.9 Å². The highest BCUT2D eigenvalue weighted by Gasteiger charge is 2.25. The van der Waals surface area contributed by atoms with Crippen LogP contribution in [-0.2, 0) is 0 Å². The highest BCUT2D eigenvalue weighted by atomic mass is 79.9. The van der Waals surface area contributed by atoms with Gasteiger partial charge in [0.2, 0.25) is 5.78 Å². The second kappa shape index (κ2) is 2.58. The number of nitrogens with zero attached hydrogens (tertiary/aromatic N) is 1. The van der Waals surface area contributed by atoms with Gasteiger partial charge < -0.3 is 4.57 Å². The number of ketones is 1. The highest BCUT2D eigenvalue weighted by molar-refractivity contribution is 9.10. The average Bonchev–Trinajstić information content (AvgIpc) is 2.72. The second-order valence-electron chi connectivity index (χ2n) is 3.25. The Morgan fingerprint density at radius 3 is 2.93 bits per heavy atom. The topological polar surface area (TPSA) is 22.0 Å². The lowest BCUT2D eigenvalue weighted by atomic mass is 10.1. The first kappa shape index (κ1) is 8.00. The Bertz CT molecular complexity index is 542. The van der Waals surface area contributed by atoms with Crippen LogP contribution in [0.15, 0.2) is 41.0 Å². The van der Waals surface area contributed by atoms with Gasteiger partial charge in [-0.15, -0.1) is 0 Å². The van der Waals surface area contributed by atoms with Gasteiger partial charge >= 0.3 is 0 Å². The van der Waals surface area contributed by atoms with Gasteiger partial charge in [0.15, 0.2) is 0 Å². The summed E-state index contributed by atoms with van der Waals surface area (Å²) in [5.74, 6) is 0.103. The van der Waals surface area contributed by atoms with E-state index in [9.17, 15) is 4.79 Å². The molecule has 2 aromatic rings. The number of carbonyl (C=O) groups excluding carboxylic acids is 1. The third-order valence-electron chi connectivity index (χ3n) is 2.44. The van der Waals surface area contributed by atoms with Gasteiger partial charge in [-0.05, 0) is 30.3 Å². The predicted octanol–water partition coefficient (Wildman–Crippen LogP) is 2.78. The Labute approximate surface area is 89.3 Å². The molecule has 3 rings (SSSR count). The molecule has 0 N–H and O–H groups in total. The first-order valence-electron chi connectivity index (χ1n) is 4.29. The van der Waals surface area contributed by atoms with Crippen LogP contribution in [0.2, 0.25) is 0 Å². The van der Waals surface area contributed by atoms with E-state index in [-0.39, 0.29) is 5.78 Å². The maximum absolute atomic E-state index is 11.9. The number of halogens is 1. The van der Waals surface area contributed by atoms with Gasteiger partial charge in [-0.2, -0.15) is 0 Å². The summed E-state index contributed by atoms with van der Waals surface area (Å²) >= 11 is 3.36. The monoisotopic (exact) mass is 247 g/mol. The maximum Gasteiger partial charge on any atom is 0.211 e. The molecule has 1 aromatic carbocycles. The van der Waals surface area contributed by atoms with Crippen LogP contribution in [0.3, 0.4) is 0 Å². The van der Waals surface area contributed by atoms with Crippen molar-refractivity contribution in [2.75, 3.05) is 0 Å². The lowest BCUT2D eigenvalue weighted by Gasteiger charge is -2.00. The minimum absolute atomic E-state index is 0.103. The van der Waals surface area contributed by atoms with Crippen LogP contribution in [-0.4, -0.2) is 10.4 Å². The van der Waals surface area contributed by atoms with Gasteiger partial charge in [-0.25, -0.2) is 0 Å². The molecule has 14 heavy (non-hydrogen) atoms. The number of rotatable bonds is 0. The van der Waals surface area contributed by atoms with Gasteiger partial charge in [0.1, 0.15) is 0 Å². The lowest BCUT2D eigenvalue weighted by Crippen LogP contribution is -1.94. The summed E-state index contributed by atoms with van der Waals surface area (Å²) in [5.41, 5.74) is 2.49. The summed E-state index contributed by atoms with van der Waals surface area (Å²) in [6, 6.07) is 9.49. The first-order valence-corrected chi connectivity index (χ1v) is 5.08. The largest absolute Gasteiger partial charge is 0.313 e. The van der Waals surface area contributed by atoms with E-state index in [0.717, 1.165) is 21.4 Å². The summed E-state index contributed by atoms with van der Waals surface area (Å²) in [5, 5.41) is 0. The Morgan fingerprint density at radius 2 is 2.07 bits per heavy atom. The van der Waals surface area contributed by atoms with Crippen molar-refractivity contribution in [3.05, 3.63) is 52.3 Å². The Morgan fingerprint density at radius 1 is 1.21 bits per heavy atom. The number of hydrogen-bond acceptors (Lipinski definition) is 1. The Balaban J connectivity index is 2.38. The number of hydrogen-bond donors (Lipinski definition) is 0. The summed E-state index contributed by atoms with van der Waals surface area (Å²) in [4.78, 5) is 11.9. The van der Waals surface area contributed by atoms with E-state index < -0.39 is 0 Å². The van der Waals surface area contributed by atoms with Crippen LogP contribution in [0.1, 0.15) is 16.1 Å². The van der Waals surface area contributed by atoms with Gasteiger partial charge in [0.05, 0.1) is 11.4 Å². The molecule has 0 unspecified atom stereocenters. The smallest absolute Gasteiger partial charge is 0.211 e. The van der Waals surface area contributed by atoms with Crippen LogP contribution in [0.5, 0.6) is 0 Å². The molecule has 1 aliphatic heterocycles. The molecule has 0 spiro atoms. The van der Waals surface area contributed by atoms with E-state index in [1.54, 1.807) is 0 Å². The van der Waals surface area contributed by atoms with Gasteiger partial charge in [0.25, 0.3) is 0 Å². The molecule has 68 valence electrons. The Hall–Kier alpha value is -1.35. The third-order valence-corrected chi connectivity index (χ3v) is 2.94. The zero-order valence-corrected chi connectivity index (χ0v) is 8.78. The molecule has 0 radical (unpaired) electrons. The second-order valence-corrected chi connectivity index (χ2v) is 4.17. The molecule has 0 amide bonds. The van der Waals surface area contributed by atoms with Crippen LogP contribution in [0.25, 0.3) is 5.69 Å². The van der Waals surface area contributed by atoms with Crippen LogP contribution >= 0.6 is 15.9 Å². The van der Waals surface area contributed by atoms with Crippen molar-refractivity contribution in [3.63, 3.8) is 0 Å². The molecular weight excluding hydrogens is 242 g/mol. The quantitative estimate of drug-likeness (QED) is 0.599. The number of fused-ring (bicyclic) bond motifs is 3. The molecule has 3 heteroatoms. The molecule has 0 bridgehead atoms. The average molecular weight is 248 g/mol. The van der Waals surface area contributed by atoms with Crippen LogP contribution < -0.4 is 0 Å². The van der Waals surface area contributed by atoms with E-state index in [1.807, 2.05) is 41.1 Å². The Kier molecular flexibility index (Phi) is 1.47. The predicted molar refractivity (Wildman–Crippen MR) is 56.9 cm³/mol. The summed E-state index contributed by atoms with van der Waals surface area (Å²) in [7, 11) is 0. The standard InChI is InChI=1S/C11H6BrNO/c12-7-3-4-9-8(6-7)11(14)10-2-1-5-13(9)10/h1-6H. The van der Waals surface area contributed by atoms with Crippen molar-refractivity contribution < 1.29 is 4.79 Å². The SMILES string of the molecule is O=C1c2cc(Br)ccc2-n2cccc21. The summed E-state index contributed by atoms with van der Waals surface area (Å²) < 4.78 is 2.86. The molecule has 2 nitrogen and oxygen atoms in total. The van der Waals surface area contributed by atoms with Gasteiger partial charge in [-0.3, -0.25) is 4.79 Å². The molecular formula is C11H6BrNO. The van der Waals surface area contributed by atoms with Crippen LogP contribution in [0, 0.1) is 0 Å². The summed E-state index contributed by atoms with van der Waals surface area (Å²) in [6.07, 6.45) is 1.91. The van der Waals surface area contributed by atoms with Crippen LogP contribution in [0.4, 0.5) is 0 Å². The van der Waals surface area contributed by atoms with Gasteiger partial charge in [0, 0.05) is 16.2 Å². The molecule has 2 heterocycles. The van der Waals surface area contributed by atoms with E-state index >= 15 is 0 Å². The summed E-state index contributed by atoms with van der Waals surface area (Å²) in [6.45, 7) is 0. The lowest BCUT2D eigenvalue weighted by molar-refractivity contribution is 0.104. The molecule has 0 atom stereocenters. The molecule has 1 aliphatic rings.